The zero-order chi connectivity index (χ0) is 25.2. The van der Waals surface area contributed by atoms with Crippen LogP contribution in [-0.2, 0) is 12.8 Å². The molecule has 196 valence electrons. The van der Waals surface area contributed by atoms with Gasteiger partial charge in [-0.25, -0.2) is 4.79 Å². The van der Waals surface area contributed by atoms with Crippen LogP contribution in [0.2, 0.25) is 0 Å². The van der Waals surface area contributed by atoms with Crippen LogP contribution in [0.1, 0.15) is 152 Å². The number of rotatable bonds is 21. The summed E-state index contributed by atoms with van der Waals surface area (Å²) in [5, 5.41) is 20.0. The quantitative estimate of drug-likeness (QED) is 0.174. The smallest absolute Gasteiger partial charge is 0.339 e. The van der Waals surface area contributed by atoms with Gasteiger partial charge < -0.3 is 10.2 Å². The summed E-state index contributed by atoms with van der Waals surface area (Å²) in [5.41, 5.74) is 1.95. The fraction of sp³-hybridized carbons (Fsp3) is 0.774. The number of carbonyl (C=O) groups is 1. The highest BCUT2D eigenvalue weighted by Gasteiger charge is 2.15. The Kier molecular flexibility index (Phi) is 16.9. The minimum atomic E-state index is -1.02. The van der Waals surface area contributed by atoms with Gasteiger partial charge in [0.15, 0.2) is 0 Å². The molecular formula is C31H54O3. The van der Waals surface area contributed by atoms with Crippen LogP contribution < -0.4 is 0 Å². The Hall–Kier alpha value is -1.51. The molecule has 0 bridgehead atoms. The van der Waals surface area contributed by atoms with E-state index in [0.29, 0.717) is 0 Å². The van der Waals surface area contributed by atoms with Crippen molar-refractivity contribution < 1.29 is 15.0 Å². The zero-order valence-corrected chi connectivity index (χ0v) is 22.8. The molecule has 34 heavy (non-hydrogen) atoms. The van der Waals surface area contributed by atoms with Crippen molar-refractivity contribution in [2.75, 3.05) is 0 Å². The SMILES string of the molecule is CC(C)CCCCCCCCCc1cc(CCCCCCCCCC(C)C)c(O)c(C(=O)O)c1. The summed E-state index contributed by atoms with van der Waals surface area (Å²) in [6, 6.07) is 3.74. The Balaban J connectivity index is 2.34. The molecule has 0 radical (unpaired) electrons. The van der Waals surface area contributed by atoms with Crippen molar-refractivity contribution in [3.8, 4) is 5.75 Å². The van der Waals surface area contributed by atoms with Crippen molar-refractivity contribution in [1.82, 2.24) is 0 Å². The number of hydrogen-bond donors (Lipinski definition) is 2. The van der Waals surface area contributed by atoms with Crippen molar-refractivity contribution >= 4 is 5.97 Å². The maximum Gasteiger partial charge on any atom is 0.339 e. The van der Waals surface area contributed by atoms with Crippen LogP contribution in [0.15, 0.2) is 12.1 Å². The average molecular weight is 475 g/mol. The van der Waals surface area contributed by atoms with E-state index in [1.807, 2.05) is 0 Å². The first-order chi connectivity index (χ1) is 16.3. The number of carboxylic acid groups (broad SMARTS) is 1. The molecule has 0 aromatic heterocycles. The fourth-order valence-corrected chi connectivity index (χ4v) is 4.78. The lowest BCUT2D eigenvalue weighted by Crippen LogP contribution is -2.02. The third kappa shape index (κ3) is 14.7. The lowest BCUT2D eigenvalue weighted by atomic mass is 9.96. The molecule has 3 heteroatoms. The Morgan fingerprint density at radius 2 is 1.06 bits per heavy atom. The van der Waals surface area contributed by atoms with Gasteiger partial charge in [0, 0.05) is 0 Å². The minimum absolute atomic E-state index is 0.0219. The Morgan fingerprint density at radius 3 is 1.50 bits per heavy atom. The number of unbranched alkanes of at least 4 members (excludes halogenated alkanes) is 12. The number of phenols is 1. The largest absolute Gasteiger partial charge is 0.507 e. The molecule has 2 N–H and O–H groups in total. The highest BCUT2D eigenvalue weighted by Crippen LogP contribution is 2.28. The van der Waals surface area contributed by atoms with E-state index in [-0.39, 0.29) is 11.3 Å². The van der Waals surface area contributed by atoms with Crippen molar-refractivity contribution in [3.05, 3.63) is 28.8 Å². The van der Waals surface area contributed by atoms with Gasteiger partial charge >= 0.3 is 5.97 Å². The molecular weight excluding hydrogens is 420 g/mol. The standard InChI is InChI=1S/C31H54O3/c1-25(2)19-15-11-7-5-9-13-17-21-27-23-28(30(32)29(24-27)31(33)34)22-18-14-10-6-8-12-16-20-26(3)4/h23-26,32H,5-22H2,1-4H3,(H,33,34). The summed E-state index contributed by atoms with van der Waals surface area (Å²) in [4.78, 5) is 11.7. The van der Waals surface area contributed by atoms with E-state index in [1.54, 1.807) is 6.07 Å². The Morgan fingerprint density at radius 1 is 0.647 bits per heavy atom. The zero-order valence-electron chi connectivity index (χ0n) is 22.8. The summed E-state index contributed by atoms with van der Waals surface area (Å²) >= 11 is 0. The topological polar surface area (TPSA) is 57.5 Å². The van der Waals surface area contributed by atoms with Gasteiger partial charge in [0.1, 0.15) is 11.3 Å². The molecule has 0 aliphatic carbocycles. The fourth-order valence-electron chi connectivity index (χ4n) is 4.78. The molecule has 0 amide bonds. The van der Waals surface area contributed by atoms with Gasteiger partial charge in [0.2, 0.25) is 0 Å². The molecule has 1 rings (SSSR count). The maximum absolute atomic E-state index is 11.7. The molecule has 3 nitrogen and oxygen atoms in total. The summed E-state index contributed by atoms with van der Waals surface area (Å²) in [6.07, 6.45) is 21.9. The van der Waals surface area contributed by atoms with Gasteiger partial charge in [0.25, 0.3) is 0 Å². The van der Waals surface area contributed by atoms with E-state index in [1.165, 1.54) is 83.5 Å². The second-order valence-electron chi connectivity index (χ2n) is 11.3. The molecule has 0 fully saturated rings. The Bertz CT molecular complexity index is 663. The highest BCUT2D eigenvalue weighted by atomic mass is 16.4. The summed E-state index contributed by atoms with van der Waals surface area (Å²) in [5.74, 6) is 0.577. The predicted octanol–water partition coefficient (Wildman–Crippen LogP) is 9.73. The van der Waals surface area contributed by atoms with E-state index in [4.69, 9.17) is 0 Å². The number of carboxylic acids is 1. The van der Waals surface area contributed by atoms with Gasteiger partial charge in [0.05, 0.1) is 0 Å². The number of aromatic carboxylic acids is 1. The number of hydrogen-bond acceptors (Lipinski definition) is 2. The molecule has 0 spiro atoms. The van der Waals surface area contributed by atoms with Crippen LogP contribution in [0.25, 0.3) is 0 Å². The molecule has 0 saturated carbocycles. The van der Waals surface area contributed by atoms with Crippen molar-refractivity contribution in [2.24, 2.45) is 11.8 Å². The number of benzene rings is 1. The lowest BCUT2D eigenvalue weighted by molar-refractivity contribution is 0.0693. The molecule has 0 saturated heterocycles. The molecule has 0 aliphatic rings. The second kappa shape index (κ2) is 18.8. The van der Waals surface area contributed by atoms with Crippen LogP contribution in [-0.4, -0.2) is 16.2 Å². The highest BCUT2D eigenvalue weighted by molar-refractivity contribution is 5.91. The first-order valence-electron chi connectivity index (χ1n) is 14.4. The molecule has 1 aromatic carbocycles. The van der Waals surface area contributed by atoms with Crippen LogP contribution in [0.5, 0.6) is 5.75 Å². The van der Waals surface area contributed by atoms with Gasteiger partial charge in [-0.2, -0.15) is 0 Å². The average Bonchev–Trinajstić information content (AvgIpc) is 2.77. The monoisotopic (exact) mass is 474 g/mol. The van der Waals surface area contributed by atoms with E-state index < -0.39 is 5.97 Å². The molecule has 0 atom stereocenters. The van der Waals surface area contributed by atoms with Gasteiger partial charge in [-0.1, -0.05) is 124 Å². The van der Waals surface area contributed by atoms with Crippen LogP contribution in [0, 0.1) is 11.8 Å². The third-order valence-electron chi connectivity index (χ3n) is 6.95. The minimum Gasteiger partial charge on any atom is -0.507 e. The van der Waals surface area contributed by atoms with Crippen molar-refractivity contribution in [3.63, 3.8) is 0 Å². The summed E-state index contributed by atoms with van der Waals surface area (Å²) in [6.45, 7) is 9.16. The normalized spacial score (nSPS) is 11.6. The summed E-state index contributed by atoms with van der Waals surface area (Å²) < 4.78 is 0. The molecule has 1 aromatic rings. The number of aryl methyl sites for hydroxylation is 2. The van der Waals surface area contributed by atoms with E-state index >= 15 is 0 Å². The Labute approximate surface area is 210 Å². The maximum atomic E-state index is 11.7. The molecule has 0 heterocycles. The second-order valence-corrected chi connectivity index (χ2v) is 11.3. The van der Waals surface area contributed by atoms with Gasteiger partial charge in [-0.15, -0.1) is 0 Å². The van der Waals surface area contributed by atoms with Crippen molar-refractivity contribution in [1.29, 1.82) is 0 Å². The van der Waals surface area contributed by atoms with E-state index in [2.05, 4.69) is 33.8 Å². The number of aromatic hydroxyl groups is 1. The molecule has 0 unspecified atom stereocenters. The third-order valence-corrected chi connectivity index (χ3v) is 6.95. The van der Waals surface area contributed by atoms with Crippen LogP contribution in [0.3, 0.4) is 0 Å². The molecule has 0 aliphatic heterocycles. The first-order valence-corrected chi connectivity index (χ1v) is 14.4. The first kappa shape index (κ1) is 30.5. The van der Waals surface area contributed by atoms with E-state index in [0.717, 1.165) is 55.1 Å². The van der Waals surface area contributed by atoms with Gasteiger partial charge in [-0.3, -0.25) is 0 Å². The summed E-state index contributed by atoms with van der Waals surface area (Å²) in [7, 11) is 0. The van der Waals surface area contributed by atoms with Gasteiger partial charge in [-0.05, 0) is 54.7 Å². The van der Waals surface area contributed by atoms with Crippen molar-refractivity contribution in [2.45, 2.75) is 143 Å². The van der Waals surface area contributed by atoms with Crippen LogP contribution >= 0.6 is 0 Å². The van der Waals surface area contributed by atoms with E-state index in [9.17, 15) is 15.0 Å². The lowest BCUT2D eigenvalue weighted by Gasteiger charge is -2.12. The van der Waals surface area contributed by atoms with Crippen LogP contribution in [0.4, 0.5) is 0 Å². The predicted molar refractivity (Wildman–Crippen MR) is 146 cm³/mol.